The molecule has 0 radical (unpaired) electrons. The molecule has 0 spiro atoms. The van der Waals surface area contributed by atoms with Gasteiger partial charge in [0.2, 0.25) is 0 Å². The Bertz CT molecular complexity index is 465. The van der Waals surface area contributed by atoms with E-state index in [2.05, 4.69) is 10.6 Å². The van der Waals surface area contributed by atoms with Crippen LogP contribution < -0.4 is 10.6 Å². The van der Waals surface area contributed by atoms with Crippen molar-refractivity contribution < 1.29 is 15.0 Å². The molecular weight excluding hydrogens is 268 g/mol. The van der Waals surface area contributed by atoms with Gasteiger partial charge in [0.25, 0.3) is 0 Å². The van der Waals surface area contributed by atoms with Crippen LogP contribution in [0.25, 0.3) is 0 Å². The van der Waals surface area contributed by atoms with Crippen molar-refractivity contribution in [3.8, 4) is 5.75 Å². The molecule has 1 aliphatic rings. The zero-order valence-corrected chi connectivity index (χ0v) is 12.2. The van der Waals surface area contributed by atoms with Gasteiger partial charge in [-0.2, -0.15) is 0 Å². The molecule has 5 nitrogen and oxygen atoms in total. The Hall–Kier alpha value is -1.75. The maximum Gasteiger partial charge on any atom is 0.314 e. The number of hydrogen-bond donors (Lipinski definition) is 4. The van der Waals surface area contributed by atoms with Gasteiger partial charge in [0.1, 0.15) is 5.75 Å². The number of rotatable bonds is 5. The third kappa shape index (κ3) is 5.63. The van der Waals surface area contributed by atoms with Crippen LogP contribution in [-0.4, -0.2) is 35.4 Å². The number of phenolic OH excluding ortho intramolecular Hbond substituents is 1. The van der Waals surface area contributed by atoms with Crippen molar-refractivity contribution in [1.82, 2.24) is 10.6 Å². The number of phenols is 1. The predicted molar refractivity (Wildman–Crippen MR) is 81.2 cm³/mol. The summed E-state index contributed by atoms with van der Waals surface area (Å²) in [7, 11) is 0. The normalized spacial score (nSPS) is 21.8. The summed E-state index contributed by atoms with van der Waals surface area (Å²) in [6.07, 6.45) is 4.24. The molecule has 2 rings (SSSR count). The Morgan fingerprint density at radius 2 is 2.14 bits per heavy atom. The van der Waals surface area contributed by atoms with Crippen molar-refractivity contribution >= 4 is 6.03 Å². The van der Waals surface area contributed by atoms with Gasteiger partial charge < -0.3 is 20.8 Å². The highest BCUT2D eigenvalue weighted by molar-refractivity contribution is 5.73. The van der Waals surface area contributed by atoms with E-state index in [1.54, 1.807) is 18.2 Å². The predicted octanol–water partition coefficient (Wildman–Crippen LogP) is 1.79. The number of carbonyl (C=O) groups is 1. The summed E-state index contributed by atoms with van der Waals surface area (Å²) >= 11 is 0. The molecule has 1 aromatic rings. The lowest BCUT2D eigenvalue weighted by Crippen LogP contribution is -2.40. The number of aromatic hydroxyl groups is 1. The van der Waals surface area contributed by atoms with E-state index >= 15 is 0 Å². The minimum atomic E-state index is -0.209. The Balaban J connectivity index is 1.61. The number of amides is 2. The maximum atomic E-state index is 11.7. The number of hydrogen-bond acceptors (Lipinski definition) is 3. The van der Waals surface area contributed by atoms with Gasteiger partial charge in [-0.05, 0) is 49.3 Å². The summed E-state index contributed by atoms with van der Waals surface area (Å²) in [6, 6.07) is 6.86. The average Bonchev–Trinajstić information content (AvgIpc) is 2.45. The quantitative estimate of drug-likeness (QED) is 0.668. The summed E-state index contributed by atoms with van der Waals surface area (Å²) in [6.45, 7) is 1.15. The lowest BCUT2D eigenvalue weighted by atomic mass is 9.87. The van der Waals surface area contributed by atoms with Gasteiger partial charge in [0.05, 0.1) is 6.10 Å². The van der Waals surface area contributed by atoms with Crippen LogP contribution in [0.1, 0.15) is 31.2 Å². The van der Waals surface area contributed by atoms with Crippen molar-refractivity contribution in [2.45, 2.75) is 38.2 Å². The molecule has 0 saturated heterocycles. The zero-order chi connectivity index (χ0) is 15.1. The second-order valence-electron chi connectivity index (χ2n) is 5.74. The summed E-state index contributed by atoms with van der Waals surface area (Å²) < 4.78 is 0. The van der Waals surface area contributed by atoms with Gasteiger partial charge in [-0.1, -0.05) is 18.6 Å². The molecule has 5 heteroatoms. The molecule has 21 heavy (non-hydrogen) atoms. The van der Waals surface area contributed by atoms with E-state index in [9.17, 15) is 15.0 Å². The molecule has 0 aliphatic heterocycles. The Morgan fingerprint density at radius 1 is 1.29 bits per heavy atom. The van der Waals surface area contributed by atoms with E-state index in [-0.39, 0.29) is 17.9 Å². The van der Waals surface area contributed by atoms with Crippen molar-refractivity contribution in [1.29, 1.82) is 0 Å². The molecule has 116 valence electrons. The number of carbonyl (C=O) groups excluding carboxylic acids is 1. The number of aliphatic hydroxyl groups is 1. The molecule has 0 heterocycles. The second kappa shape index (κ2) is 7.88. The van der Waals surface area contributed by atoms with Gasteiger partial charge in [0.15, 0.2) is 0 Å². The van der Waals surface area contributed by atoms with Gasteiger partial charge in [-0.15, -0.1) is 0 Å². The summed E-state index contributed by atoms with van der Waals surface area (Å²) in [5.74, 6) is 0.623. The first-order chi connectivity index (χ1) is 10.1. The van der Waals surface area contributed by atoms with Crippen molar-refractivity contribution in [2.75, 3.05) is 13.1 Å². The zero-order valence-electron chi connectivity index (χ0n) is 12.2. The minimum Gasteiger partial charge on any atom is -0.508 e. The first kappa shape index (κ1) is 15.6. The van der Waals surface area contributed by atoms with E-state index in [1.165, 1.54) is 0 Å². The SMILES string of the molecule is O=C(NCCc1cccc(O)c1)NCC1CCCC(O)C1. The van der Waals surface area contributed by atoms with Crippen molar-refractivity contribution in [2.24, 2.45) is 5.92 Å². The fourth-order valence-electron chi connectivity index (χ4n) is 2.78. The van der Waals surface area contributed by atoms with Crippen molar-refractivity contribution in [3.63, 3.8) is 0 Å². The fraction of sp³-hybridized carbons (Fsp3) is 0.562. The first-order valence-corrected chi connectivity index (χ1v) is 7.61. The van der Waals surface area contributed by atoms with Crippen LogP contribution in [0.15, 0.2) is 24.3 Å². The molecule has 0 aromatic heterocycles. The maximum absolute atomic E-state index is 11.7. The number of nitrogens with one attached hydrogen (secondary N) is 2. The number of aliphatic hydroxyl groups excluding tert-OH is 1. The third-order valence-electron chi connectivity index (χ3n) is 3.92. The van der Waals surface area contributed by atoms with Gasteiger partial charge in [0, 0.05) is 13.1 Å². The average molecular weight is 292 g/mol. The molecule has 1 aromatic carbocycles. The lowest BCUT2D eigenvalue weighted by Gasteiger charge is -2.25. The lowest BCUT2D eigenvalue weighted by molar-refractivity contribution is 0.101. The van der Waals surface area contributed by atoms with Crippen LogP contribution in [-0.2, 0) is 6.42 Å². The van der Waals surface area contributed by atoms with Crippen LogP contribution in [0.3, 0.4) is 0 Å². The molecule has 4 N–H and O–H groups in total. The Labute approximate surface area is 125 Å². The van der Waals surface area contributed by atoms with E-state index in [0.29, 0.717) is 25.4 Å². The smallest absolute Gasteiger partial charge is 0.314 e. The Morgan fingerprint density at radius 3 is 2.90 bits per heavy atom. The molecule has 2 atom stereocenters. The molecular formula is C16H24N2O3. The summed E-state index contributed by atoms with van der Waals surface area (Å²) in [5, 5.41) is 24.6. The molecule has 2 amide bonds. The highest BCUT2D eigenvalue weighted by Crippen LogP contribution is 2.23. The largest absolute Gasteiger partial charge is 0.508 e. The number of benzene rings is 1. The fourth-order valence-corrected chi connectivity index (χ4v) is 2.78. The van der Waals surface area contributed by atoms with Crippen LogP contribution in [0.4, 0.5) is 4.79 Å². The van der Waals surface area contributed by atoms with E-state index in [4.69, 9.17) is 0 Å². The molecule has 2 unspecified atom stereocenters. The van der Waals surface area contributed by atoms with Gasteiger partial charge in [-0.25, -0.2) is 4.79 Å². The van der Waals surface area contributed by atoms with E-state index < -0.39 is 0 Å². The molecule has 1 fully saturated rings. The topological polar surface area (TPSA) is 81.6 Å². The molecule has 1 saturated carbocycles. The summed E-state index contributed by atoms with van der Waals surface area (Å²) in [5.41, 5.74) is 0.991. The van der Waals surface area contributed by atoms with E-state index in [0.717, 1.165) is 31.2 Å². The second-order valence-corrected chi connectivity index (χ2v) is 5.74. The van der Waals surface area contributed by atoms with E-state index in [1.807, 2.05) is 6.07 Å². The van der Waals surface area contributed by atoms with Crippen LogP contribution in [0, 0.1) is 5.92 Å². The van der Waals surface area contributed by atoms with Gasteiger partial charge >= 0.3 is 6.03 Å². The molecule has 0 bridgehead atoms. The summed E-state index contributed by atoms with van der Waals surface area (Å²) in [4.78, 5) is 11.7. The first-order valence-electron chi connectivity index (χ1n) is 7.61. The Kier molecular flexibility index (Phi) is 5.87. The minimum absolute atomic E-state index is 0.171. The highest BCUT2D eigenvalue weighted by atomic mass is 16.3. The highest BCUT2D eigenvalue weighted by Gasteiger charge is 2.20. The van der Waals surface area contributed by atoms with Crippen LogP contribution >= 0.6 is 0 Å². The van der Waals surface area contributed by atoms with Crippen molar-refractivity contribution in [3.05, 3.63) is 29.8 Å². The van der Waals surface area contributed by atoms with Crippen LogP contribution in [0.2, 0.25) is 0 Å². The number of urea groups is 1. The van der Waals surface area contributed by atoms with Crippen LogP contribution in [0.5, 0.6) is 5.75 Å². The monoisotopic (exact) mass is 292 g/mol. The third-order valence-corrected chi connectivity index (χ3v) is 3.92. The van der Waals surface area contributed by atoms with Gasteiger partial charge in [-0.3, -0.25) is 0 Å². The standard InChI is InChI=1S/C16H24N2O3/c19-14-5-1-3-12(9-14)7-8-17-16(21)18-11-13-4-2-6-15(20)10-13/h1,3,5,9,13,15,19-20H,2,4,6-8,10-11H2,(H2,17,18,21). The molecule has 1 aliphatic carbocycles.